The molecule has 0 bridgehead atoms. The number of hydrogen-bond acceptors (Lipinski definition) is 7. The van der Waals surface area contributed by atoms with Gasteiger partial charge in [0.05, 0.1) is 19.1 Å². The van der Waals surface area contributed by atoms with Crippen LogP contribution in [0.15, 0.2) is 36.4 Å². The van der Waals surface area contributed by atoms with Gasteiger partial charge in [0, 0.05) is 22.4 Å². The highest BCUT2D eigenvalue weighted by atomic mass is 16.7. The molecule has 2 aromatic carbocycles. The van der Waals surface area contributed by atoms with Crippen molar-refractivity contribution in [2.24, 2.45) is 0 Å². The summed E-state index contributed by atoms with van der Waals surface area (Å²) in [5, 5.41) is 0. The third-order valence-corrected chi connectivity index (χ3v) is 4.48. The molecule has 2 N–H and O–H groups in total. The smallest absolute Gasteiger partial charge is 0.231 e. The molecule has 0 spiro atoms. The molecule has 1 heterocycles. The van der Waals surface area contributed by atoms with Crippen molar-refractivity contribution >= 4 is 34.4 Å². The Morgan fingerprint density at radius 2 is 1.69 bits per heavy atom. The molecule has 0 unspecified atom stereocenters. The maximum atomic E-state index is 13.0. The lowest BCUT2D eigenvalue weighted by Gasteiger charge is -2.16. The number of fused-ring (bicyclic) bond motifs is 1. The first kappa shape index (κ1) is 20.1. The standard InChI is InChI=1S/C22H21NO6/c1-12(24)8-18(26)21(16-9-14(13(2)25)4-6-17(16)23)22(27-3)15-5-7-19-20(10-15)29-11-28-19/h4-7,9-10H,8,11,23H2,1-3H3/b22-21-. The normalized spacial score (nSPS) is 12.9. The Morgan fingerprint density at radius 3 is 2.34 bits per heavy atom. The van der Waals surface area contributed by atoms with Crippen LogP contribution in [0.3, 0.4) is 0 Å². The van der Waals surface area contributed by atoms with E-state index >= 15 is 0 Å². The number of hydrogen-bond donors (Lipinski definition) is 1. The van der Waals surface area contributed by atoms with Gasteiger partial charge in [0.2, 0.25) is 6.79 Å². The fourth-order valence-corrected chi connectivity index (χ4v) is 3.11. The molecule has 150 valence electrons. The van der Waals surface area contributed by atoms with Gasteiger partial charge in [-0.15, -0.1) is 0 Å². The lowest BCUT2D eigenvalue weighted by Crippen LogP contribution is -2.12. The van der Waals surface area contributed by atoms with E-state index in [-0.39, 0.29) is 41.8 Å². The topological polar surface area (TPSA) is 105 Å². The van der Waals surface area contributed by atoms with Crippen LogP contribution < -0.4 is 15.2 Å². The first-order chi connectivity index (χ1) is 13.8. The van der Waals surface area contributed by atoms with Crippen LogP contribution in [0.2, 0.25) is 0 Å². The molecule has 0 amide bonds. The molecule has 29 heavy (non-hydrogen) atoms. The van der Waals surface area contributed by atoms with Crippen LogP contribution in [0.5, 0.6) is 11.5 Å². The van der Waals surface area contributed by atoms with Gasteiger partial charge < -0.3 is 19.9 Å². The molecule has 0 fully saturated rings. The number of ether oxygens (including phenoxy) is 3. The number of carbonyl (C=O) groups is 3. The Kier molecular flexibility index (Phi) is 5.68. The Labute approximate surface area is 168 Å². The molecule has 1 aliphatic heterocycles. The van der Waals surface area contributed by atoms with Crippen LogP contribution in [0.1, 0.15) is 41.8 Å². The summed E-state index contributed by atoms with van der Waals surface area (Å²) in [4.78, 5) is 36.5. The summed E-state index contributed by atoms with van der Waals surface area (Å²) < 4.78 is 16.3. The molecule has 3 rings (SSSR count). The zero-order valence-corrected chi connectivity index (χ0v) is 16.4. The highest BCUT2D eigenvalue weighted by Gasteiger charge is 2.25. The van der Waals surface area contributed by atoms with Crippen LogP contribution in [0.4, 0.5) is 5.69 Å². The summed E-state index contributed by atoms with van der Waals surface area (Å²) in [6.07, 6.45) is -0.323. The zero-order valence-electron chi connectivity index (χ0n) is 16.4. The van der Waals surface area contributed by atoms with Gasteiger partial charge in [-0.2, -0.15) is 0 Å². The van der Waals surface area contributed by atoms with E-state index in [1.54, 1.807) is 30.3 Å². The molecular weight excluding hydrogens is 374 g/mol. The molecule has 1 aliphatic rings. The Hall–Kier alpha value is -3.61. The van der Waals surface area contributed by atoms with Gasteiger partial charge in [0.1, 0.15) is 11.5 Å². The number of anilines is 1. The number of rotatable bonds is 7. The van der Waals surface area contributed by atoms with Crippen LogP contribution in [0.25, 0.3) is 11.3 Å². The van der Waals surface area contributed by atoms with Crippen LogP contribution >= 0.6 is 0 Å². The van der Waals surface area contributed by atoms with Crippen molar-refractivity contribution in [1.29, 1.82) is 0 Å². The van der Waals surface area contributed by atoms with E-state index in [4.69, 9.17) is 19.9 Å². The molecule has 0 aromatic heterocycles. The second-order valence-electron chi connectivity index (χ2n) is 6.64. The summed E-state index contributed by atoms with van der Waals surface area (Å²) >= 11 is 0. The highest BCUT2D eigenvalue weighted by molar-refractivity contribution is 6.31. The number of methoxy groups -OCH3 is 1. The van der Waals surface area contributed by atoms with Crippen molar-refractivity contribution in [1.82, 2.24) is 0 Å². The van der Waals surface area contributed by atoms with E-state index < -0.39 is 5.78 Å². The monoisotopic (exact) mass is 395 g/mol. The zero-order chi connectivity index (χ0) is 21.1. The van der Waals surface area contributed by atoms with Crippen molar-refractivity contribution in [3.63, 3.8) is 0 Å². The first-order valence-corrected chi connectivity index (χ1v) is 8.93. The number of benzene rings is 2. The number of nitrogen functional groups attached to an aromatic ring is 1. The molecule has 0 aliphatic carbocycles. The van der Waals surface area contributed by atoms with Gasteiger partial charge in [0.25, 0.3) is 0 Å². The SMILES string of the molecule is CO/C(=C(\C(=O)CC(C)=O)c1cc(C(C)=O)ccc1N)c1ccc2c(c1)OCO2. The van der Waals surface area contributed by atoms with Gasteiger partial charge >= 0.3 is 0 Å². The predicted molar refractivity (Wildman–Crippen MR) is 108 cm³/mol. The maximum absolute atomic E-state index is 13.0. The lowest BCUT2D eigenvalue weighted by molar-refractivity contribution is -0.122. The molecule has 0 radical (unpaired) electrons. The Morgan fingerprint density at radius 1 is 1.00 bits per heavy atom. The van der Waals surface area contributed by atoms with Crippen LogP contribution in [-0.2, 0) is 14.3 Å². The predicted octanol–water partition coefficient (Wildman–Crippen LogP) is 3.26. The molecule has 7 heteroatoms. The quantitative estimate of drug-likeness (QED) is 0.192. The average molecular weight is 395 g/mol. The summed E-state index contributed by atoms with van der Waals surface area (Å²) in [6, 6.07) is 9.79. The number of nitrogens with two attached hydrogens (primary N) is 1. The van der Waals surface area contributed by atoms with Gasteiger partial charge in [-0.1, -0.05) is 0 Å². The minimum absolute atomic E-state index is 0.106. The average Bonchev–Trinajstić information content (AvgIpc) is 3.13. The molecular formula is C22H21NO6. The van der Waals surface area contributed by atoms with Gasteiger partial charge in [-0.25, -0.2) is 0 Å². The first-order valence-electron chi connectivity index (χ1n) is 8.93. The third-order valence-electron chi connectivity index (χ3n) is 4.48. The van der Waals surface area contributed by atoms with Crippen molar-refractivity contribution < 1.29 is 28.6 Å². The summed E-state index contributed by atoms with van der Waals surface area (Å²) in [7, 11) is 1.42. The molecule has 0 atom stereocenters. The van der Waals surface area contributed by atoms with E-state index in [1.165, 1.54) is 27.0 Å². The Bertz CT molecular complexity index is 1040. The summed E-state index contributed by atoms with van der Waals surface area (Å²) in [5.74, 6) is 0.391. The molecule has 7 nitrogen and oxygen atoms in total. The van der Waals surface area contributed by atoms with Crippen LogP contribution in [-0.4, -0.2) is 31.3 Å². The van der Waals surface area contributed by atoms with Crippen molar-refractivity contribution in [3.05, 3.63) is 53.1 Å². The van der Waals surface area contributed by atoms with E-state index in [0.717, 1.165) is 0 Å². The minimum atomic E-state index is -0.459. The number of allylic oxidation sites excluding steroid dienone is 1. The van der Waals surface area contributed by atoms with Crippen molar-refractivity contribution in [2.75, 3.05) is 19.6 Å². The highest BCUT2D eigenvalue weighted by Crippen LogP contribution is 2.38. The van der Waals surface area contributed by atoms with E-state index in [1.807, 2.05) is 0 Å². The molecule has 0 saturated heterocycles. The van der Waals surface area contributed by atoms with Crippen LogP contribution in [0, 0.1) is 0 Å². The lowest BCUT2D eigenvalue weighted by atomic mass is 9.92. The van der Waals surface area contributed by atoms with Crippen molar-refractivity contribution in [2.45, 2.75) is 20.3 Å². The minimum Gasteiger partial charge on any atom is -0.495 e. The number of ketones is 3. The second kappa shape index (κ2) is 8.18. The summed E-state index contributed by atoms with van der Waals surface area (Å²) in [6.45, 7) is 2.86. The number of Topliss-reactive ketones (excluding diaryl/α,β-unsaturated/α-hetero) is 3. The fourth-order valence-electron chi connectivity index (χ4n) is 3.11. The third kappa shape index (κ3) is 4.13. The maximum Gasteiger partial charge on any atom is 0.231 e. The van der Waals surface area contributed by atoms with Gasteiger partial charge in [0.15, 0.2) is 23.1 Å². The summed E-state index contributed by atoms with van der Waals surface area (Å²) in [5.41, 5.74) is 7.83. The van der Waals surface area contributed by atoms with Crippen molar-refractivity contribution in [3.8, 4) is 11.5 Å². The molecule has 2 aromatic rings. The van der Waals surface area contributed by atoms with Gasteiger partial charge in [-0.05, 0) is 50.2 Å². The second-order valence-corrected chi connectivity index (χ2v) is 6.64. The fraction of sp³-hybridized carbons (Fsp3) is 0.227. The largest absolute Gasteiger partial charge is 0.495 e. The Balaban J connectivity index is 2.26. The van der Waals surface area contributed by atoms with E-state index in [0.29, 0.717) is 28.2 Å². The van der Waals surface area contributed by atoms with Gasteiger partial charge in [-0.3, -0.25) is 14.4 Å². The number of carbonyl (C=O) groups excluding carboxylic acids is 3. The molecule has 0 saturated carbocycles. The van der Waals surface area contributed by atoms with E-state index in [2.05, 4.69) is 0 Å². The van der Waals surface area contributed by atoms with E-state index in [9.17, 15) is 14.4 Å².